The van der Waals surface area contributed by atoms with Gasteiger partial charge in [0.15, 0.2) is 0 Å². The summed E-state index contributed by atoms with van der Waals surface area (Å²) in [5, 5.41) is 2.94. The lowest BCUT2D eigenvalue weighted by atomic mass is 10.1. The highest BCUT2D eigenvalue weighted by atomic mass is 79.9. The molecule has 0 aliphatic heterocycles. The molecule has 0 atom stereocenters. The van der Waals surface area contributed by atoms with Crippen molar-refractivity contribution in [3.63, 3.8) is 0 Å². The van der Waals surface area contributed by atoms with Gasteiger partial charge in [-0.15, -0.1) is 0 Å². The summed E-state index contributed by atoms with van der Waals surface area (Å²) in [4.78, 5) is 14.0. The highest BCUT2D eigenvalue weighted by molar-refractivity contribution is 9.10. The zero-order valence-corrected chi connectivity index (χ0v) is 13.9. The Bertz CT molecular complexity index is 591. The highest BCUT2D eigenvalue weighted by Gasteiger charge is 2.04. The third-order valence-electron chi connectivity index (χ3n) is 3.26. The van der Waals surface area contributed by atoms with Crippen LogP contribution in [-0.4, -0.2) is 26.5 Å². The van der Waals surface area contributed by atoms with Gasteiger partial charge in [0.1, 0.15) is 0 Å². The molecule has 0 unspecified atom stereocenters. The summed E-state index contributed by atoms with van der Waals surface area (Å²) < 4.78 is 0.972. The van der Waals surface area contributed by atoms with Crippen LogP contribution in [0, 0.1) is 0 Å². The van der Waals surface area contributed by atoms with E-state index in [1.165, 1.54) is 11.3 Å². The van der Waals surface area contributed by atoms with Gasteiger partial charge in [-0.2, -0.15) is 0 Å². The maximum Gasteiger partial charge on any atom is 0.251 e. The molecule has 1 N–H and O–H groups in total. The summed E-state index contributed by atoms with van der Waals surface area (Å²) in [5.41, 5.74) is 3.08. The highest BCUT2D eigenvalue weighted by Crippen LogP contribution is 2.13. The Kier molecular flexibility index (Phi) is 5.39. The molecular weight excluding hydrogens is 328 g/mol. The monoisotopic (exact) mass is 346 g/mol. The largest absolute Gasteiger partial charge is 0.378 e. The summed E-state index contributed by atoms with van der Waals surface area (Å²) in [6.07, 6.45) is 0.829. The lowest BCUT2D eigenvalue weighted by Gasteiger charge is -2.12. The number of anilines is 1. The molecule has 1 amide bonds. The molecule has 0 heterocycles. The minimum Gasteiger partial charge on any atom is -0.378 e. The number of nitrogens with one attached hydrogen (secondary N) is 1. The number of hydrogen-bond donors (Lipinski definition) is 1. The second-order valence-electron chi connectivity index (χ2n) is 5.07. The standard InChI is InChI=1S/C17H19BrN2O/c1-20(2)16-9-3-13(4-10-16)11-12-19-17(21)14-5-7-15(18)8-6-14/h3-10H,11-12H2,1-2H3,(H,19,21). The minimum atomic E-state index is -0.0348. The molecule has 0 saturated carbocycles. The molecule has 0 saturated heterocycles. The smallest absolute Gasteiger partial charge is 0.251 e. The number of nitrogens with zero attached hydrogens (tertiary/aromatic N) is 1. The second-order valence-corrected chi connectivity index (χ2v) is 5.99. The Hall–Kier alpha value is -1.81. The Morgan fingerprint density at radius 1 is 1.05 bits per heavy atom. The summed E-state index contributed by atoms with van der Waals surface area (Å²) in [6, 6.07) is 15.7. The van der Waals surface area contributed by atoms with E-state index in [1.54, 1.807) is 0 Å². The van der Waals surface area contributed by atoms with Crippen LogP contribution in [0.5, 0.6) is 0 Å². The summed E-state index contributed by atoms with van der Waals surface area (Å²) in [7, 11) is 4.04. The Balaban J connectivity index is 1.83. The van der Waals surface area contributed by atoms with E-state index in [0.29, 0.717) is 12.1 Å². The van der Waals surface area contributed by atoms with Gasteiger partial charge in [-0.25, -0.2) is 0 Å². The SMILES string of the molecule is CN(C)c1ccc(CCNC(=O)c2ccc(Br)cc2)cc1. The first-order valence-electron chi connectivity index (χ1n) is 6.86. The van der Waals surface area contributed by atoms with Crippen molar-refractivity contribution in [2.24, 2.45) is 0 Å². The van der Waals surface area contributed by atoms with Crippen molar-refractivity contribution >= 4 is 27.5 Å². The molecule has 0 aromatic heterocycles. The van der Waals surface area contributed by atoms with Crippen molar-refractivity contribution in [1.82, 2.24) is 5.32 Å². The Labute approximate surface area is 134 Å². The normalized spacial score (nSPS) is 10.2. The number of hydrogen-bond acceptors (Lipinski definition) is 2. The number of rotatable bonds is 5. The van der Waals surface area contributed by atoms with Crippen LogP contribution in [0.25, 0.3) is 0 Å². The van der Waals surface area contributed by atoms with Crippen LogP contribution in [0.1, 0.15) is 15.9 Å². The van der Waals surface area contributed by atoms with Crippen molar-refractivity contribution in [3.05, 3.63) is 64.1 Å². The fourth-order valence-electron chi connectivity index (χ4n) is 1.98. The van der Waals surface area contributed by atoms with Crippen molar-refractivity contribution in [2.45, 2.75) is 6.42 Å². The quantitative estimate of drug-likeness (QED) is 0.898. The average molecular weight is 347 g/mol. The number of carbonyl (C=O) groups excluding carboxylic acids is 1. The van der Waals surface area contributed by atoms with Crippen LogP contribution >= 0.6 is 15.9 Å². The summed E-state index contributed by atoms with van der Waals surface area (Å²) >= 11 is 3.36. The van der Waals surface area contributed by atoms with Gasteiger partial charge in [0.25, 0.3) is 5.91 Å². The van der Waals surface area contributed by atoms with E-state index < -0.39 is 0 Å². The van der Waals surface area contributed by atoms with Gasteiger partial charge in [0.2, 0.25) is 0 Å². The Morgan fingerprint density at radius 3 is 2.24 bits per heavy atom. The fraction of sp³-hybridized carbons (Fsp3) is 0.235. The average Bonchev–Trinajstić information content (AvgIpc) is 2.48. The molecule has 0 aliphatic rings. The lowest BCUT2D eigenvalue weighted by Crippen LogP contribution is -2.25. The molecule has 2 aromatic carbocycles. The molecule has 0 fully saturated rings. The van der Waals surface area contributed by atoms with Gasteiger partial charge in [0, 0.05) is 36.4 Å². The minimum absolute atomic E-state index is 0.0348. The number of benzene rings is 2. The van der Waals surface area contributed by atoms with Crippen molar-refractivity contribution in [1.29, 1.82) is 0 Å². The molecule has 3 nitrogen and oxygen atoms in total. The summed E-state index contributed by atoms with van der Waals surface area (Å²) in [6.45, 7) is 0.635. The van der Waals surface area contributed by atoms with Gasteiger partial charge in [-0.05, 0) is 48.4 Å². The van der Waals surface area contributed by atoms with Gasteiger partial charge >= 0.3 is 0 Å². The van der Waals surface area contributed by atoms with Crippen LogP contribution in [-0.2, 0) is 6.42 Å². The Morgan fingerprint density at radius 2 is 1.67 bits per heavy atom. The molecule has 0 aliphatic carbocycles. The molecule has 110 valence electrons. The predicted molar refractivity (Wildman–Crippen MR) is 90.9 cm³/mol. The molecule has 0 radical (unpaired) electrons. The van der Waals surface area contributed by atoms with Crippen molar-refractivity contribution in [3.8, 4) is 0 Å². The third kappa shape index (κ3) is 4.60. The zero-order valence-electron chi connectivity index (χ0n) is 12.3. The van der Waals surface area contributed by atoms with Crippen LogP contribution < -0.4 is 10.2 Å². The van der Waals surface area contributed by atoms with E-state index in [4.69, 9.17) is 0 Å². The number of amides is 1. The van der Waals surface area contributed by atoms with E-state index in [9.17, 15) is 4.79 Å². The van der Waals surface area contributed by atoms with Crippen LogP contribution in [0.4, 0.5) is 5.69 Å². The summed E-state index contributed by atoms with van der Waals surface area (Å²) in [5.74, 6) is -0.0348. The van der Waals surface area contributed by atoms with Gasteiger partial charge in [-0.3, -0.25) is 4.79 Å². The predicted octanol–water partition coefficient (Wildman–Crippen LogP) is 3.49. The molecule has 0 bridgehead atoms. The molecule has 0 spiro atoms. The molecular formula is C17H19BrN2O. The fourth-order valence-corrected chi connectivity index (χ4v) is 2.25. The van der Waals surface area contributed by atoms with Gasteiger partial charge < -0.3 is 10.2 Å². The molecule has 4 heteroatoms. The van der Waals surface area contributed by atoms with Gasteiger partial charge in [-0.1, -0.05) is 28.1 Å². The van der Waals surface area contributed by atoms with E-state index in [2.05, 4.69) is 50.4 Å². The van der Waals surface area contributed by atoms with Crippen LogP contribution in [0.15, 0.2) is 53.0 Å². The number of halogens is 1. The first-order valence-corrected chi connectivity index (χ1v) is 7.65. The molecule has 2 aromatic rings. The van der Waals surface area contributed by atoms with Crippen LogP contribution in [0.2, 0.25) is 0 Å². The topological polar surface area (TPSA) is 32.3 Å². The maximum atomic E-state index is 12.0. The van der Waals surface area contributed by atoms with E-state index in [-0.39, 0.29) is 5.91 Å². The van der Waals surface area contributed by atoms with E-state index in [0.717, 1.165) is 10.9 Å². The number of carbonyl (C=O) groups is 1. The molecule has 21 heavy (non-hydrogen) atoms. The van der Waals surface area contributed by atoms with Gasteiger partial charge in [0.05, 0.1) is 0 Å². The first kappa shape index (κ1) is 15.6. The second kappa shape index (κ2) is 7.27. The first-order chi connectivity index (χ1) is 10.1. The van der Waals surface area contributed by atoms with Crippen molar-refractivity contribution in [2.75, 3.05) is 25.5 Å². The maximum absolute atomic E-state index is 12.0. The van der Waals surface area contributed by atoms with Crippen LogP contribution in [0.3, 0.4) is 0 Å². The van der Waals surface area contributed by atoms with E-state index >= 15 is 0 Å². The zero-order chi connectivity index (χ0) is 15.2. The van der Waals surface area contributed by atoms with E-state index in [1.807, 2.05) is 38.4 Å². The van der Waals surface area contributed by atoms with Crippen molar-refractivity contribution < 1.29 is 4.79 Å². The lowest BCUT2D eigenvalue weighted by molar-refractivity contribution is 0.0954. The third-order valence-corrected chi connectivity index (χ3v) is 3.79. The molecule has 2 rings (SSSR count).